The zero-order valence-electron chi connectivity index (χ0n) is 11.1. The predicted molar refractivity (Wildman–Crippen MR) is 78.8 cm³/mol. The molecule has 0 saturated heterocycles. The SMILES string of the molecule is CCc1cccc(CN(C)c2ccc(N)cc2)c1. The van der Waals surface area contributed by atoms with Gasteiger partial charge in [0.25, 0.3) is 0 Å². The molecule has 0 atom stereocenters. The molecule has 0 amide bonds. The van der Waals surface area contributed by atoms with E-state index in [1.54, 1.807) is 0 Å². The van der Waals surface area contributed by atoms with E-state index in [-0.39, 0.29) is 0 Å². The fraction of sp³-hybridized carbons (Fsp3) is 0.250. The van der Waals surface area contributed by atoms with E-state index in [4.69, 9.17) is 5.73 Å². The molecule has 0 aliphatic rings. The smallest absolute Gasteiger partial charge is 0.0426 e. The van der Waals surface area contributed by atoms with Gasteiger partial charge >= 0.3 is 0 Å². The van der Waals surface area contributed by atoms with Crippen LogP contribution in [0.1, 0.15) is 18.1 Å². The van der Waals surface area contributed by atoms with Gasteiger partial charge in [-0.25, -0.2) is 0 Å². The minimum Gasteiger partial charge on any atom is -0.399 e. The molecule has 0 aliphatic carbocycles. The highest BCUT2D eigenvalue weighted by Gasteiger charge is 2.02. The molecule has 0 saturated carbocycles. The fourth-order valence-corrected chi connectivity index (χ4v) is 2.04. The van der Waals surface area contributed by atoms with Gasteiger partial charge in [-0.1, -0.05) is 31.2 Å². The first-order valence-corrected chi connectivity index (χ1v) is 6.33. The van der Waals surface area contributed by atoms with Crippen LogP contribution in [0.25, 0.3) is 0 Å². The minimum atomic E-state index is 0.806. The lowest BCUT2D eigenvalue weighted by molar-refractivity contribution is 0.919. The maximum absolute atomic E-state index is 5.70. The summed E-state index contributed by atoms with van der Waals surface area (Å²) in [5.74, 6) is 0. The first-order valence-electron chi connectivity index (χ1n) is 6.33. The van der Waals surface area contributed by atoms with Crippen molar-refractivity contribution in [1.29, 1.82) is 0 Å². The number of nitrogens with two attached hydrogens (primary N) is 1. The van der Waals surface area contributed by atoms with Gasteiger partial charge in [0.1, 0.15) is 0 Å². The van der Waals surface area contributed by atoms with Gasteiger partial charge in [0.15, 0.2) is 0 Å². The van der Waals surface area contributed by atoms with E-state index in [0.29, 0.717) is 0 Å². The van der Waals surface area contributed by atoms with Gasteiger partial charge in [0.05, 0.1) is 0 Å². The monoisotopic (exact) mass is 240 g/mol. The molecule has 2 nitrogen and oxygen atoms in total. The van der Waals surface area contributed by atoms with Crippen LogP contribution in [0.15, 0.2) is 48.5 Å². The van der Waals surface area contributed by atoms with E-state index in [0.717, 1.165) is 18.7 Å². The summed E-state index contributed by atoms with van der Waals surface area (Å²) in [4.78, 5) is 2.23. The maximum Gasteiger partial charge on any atom is 0.0426 e. The van der Waals surface area contributed by atoms with Crippen molar-refractivity contribution < 1.29 is 0 Å². The van der Waals surface area contributed by atoms with Crippen molar-refractivity contribution in [3.63, 3.8) is 0 Å². The Morgan fingerprint density at radius 2 is 1.67 bits per heavy atom. The largest absolute Gasteiger partial charge is 0.399 e. The summed E-state index contributed by atoms with van der Waals surface area (Å²) >= 11 is 0. The average Bonchev–Trinajstić information content (AvgIpc) is 2.39. The second kappa shape index (κ2) is 5.58. The molecule has 18 heavy (non-hydrogen) atoms. The first kappa shape index (κ1) is 12.5. The number of aryl methyl sites for hydroxylation is 1. The summed E-state index contributed by atoms with van der Waals surface area (Å²) in [5.41, 5.74) is 10.4. The third-order valence-corrected chi connectivity index (χ3v) is 3.15. The second-order valence-electron chi connectivity index (χ2n) is 4.62. The van der Waals surface area contributed by atoms with Crippen molar-refractivity contribution in [2.45, 2.75) is 19.9 Å². The van der Waals surface area contributed by atoms with Crippen LogP contribution in [0.3, 0.4) is 0 Å². The molecule has 2 rings (SSSR count). The molecule has 2 N–H and O–H groups in total. The highest BCUT2D eigenvalue weighted by Crippen LogP contribution is 2.17. The quantitative estimate of drug-likeness (QED) is 0.829. The number of hydrogen-bond acceptors (Lipinski definition) is 2. The van der Waals surface area contributed by atoms with Crippen molar-refractivity contribution in [2.75, 3.05) is 17.7 Å². The number of benzene rings is 2. The Labute approximate surface area is 109 Å². The Hall–Kier alpha value is -1.96. The molecule has 2 aromatic carbocycles. The van der Waals surface area contributed by atoms with Crippen LogP contribution < -0.4 is 10.6 Å². The summed E-state index contributed by atoms with van der Waals surface area (Å²) in [6.07, 6.45) is 1.08. The van der Waals surface area contributed by atoms with Gasteiger partial charge in [-0.05, 0) is 41.8 Å². The van der Waals surface area contributed by atoms with Crippen molar-refractivity contribution >= 4 is 11.4 Å². The third kappa shape index (κ3) is 3.04. The first-order chi connectivity index (χ1) is 8.69. The van der Waals surface area contributed by atoms with Crippen LogP contribution in [0.2, 0.25) is 0 Å². The summed E-state index contributed by atoms with van der Waals surface area (Å²) in [7, 11) is 2.10. The number of nitrogen functional groups attached to an aromatic ring is 1. The van der Waals surface area contributed by atoms with E-state index in [9.17, 15) is 0 Å². The molecule has 0 bridgehead atoms. The standard InChI is InChI=1S/C16H20N2/c1-3-13-5-4-6-14(11-13)12-18(2)16-9-7-15(17)8-10-16/h4-11H,3,12,17H2,1-2H3. The van der Waals surface area contributed by atoms with Crippen LogP contribution in [0, 0.1) is 0 Å². The molecular formula is C16H20N2. The van der Waals surface area contributed by atoms with Crippen LogP contribution in [-0.2, 0) is 13.0 Å². The van der Waals surface area contributed by atoms with Gasteiger partial charge in [-0.2, -0.15) is 0 Å². The molecule has 94 valence electrons. The maximum atomic E-state index is 5.70. The lowest BCUT2D eigenvalue weighted by Gasteiger charge is -2.20. The molecule has 2 aromatic rings. The summed E-state index contributed by atoms with van der Waals surface area (Å²) in [6, 6.07) is 16.7. The molecule has 0 spiro atoms. The summed E-state index contributed by atoms with van der Waals surface area (Å²) in [6.45, 7) is 3.10. The number of anilines is 2. The minimum absolute atomic E-state index is 0.806. The fourth-order valence-electron chi connectivity index (χ4n) is 2.04. The van der Waals surface area contributed by atoms with Gasteiger partial charge in [-0.15, -0.1) is 0 Å². The number of hydrogen-bond donors (Lipinski definition) is 1. The van der Waals surface area contributed by atoms with E-state index >= 15 is 0 Å². The highest BCUT2D eigenvalue weighted by atomic mass is 15.1. The van der Waals surface area contributed by atoms with E-state index < -0.39 is 0 Å². The van der Waals surface area contributed by atoms with Crippen molar-refractivity contribution in [3.8, 4) is 0 Å². The van der Waals surface area contributed by atoms with Gasteiger partial charge in [-0.3, -0.25) is 0 Å². The molecule has 0 aliphatic heterocycles. The third-order valence-electron chi connectivity index (χ3n) is 3.15. The van der Waals surface area contributed by atoms with E-state index in [1.807, 2.05) is 12.1 Å². The van der Waals surface area contributed by atoms with Crippen LogP contribution >= 0.6 is 0 Å². The average molecular weight is 240 g/mol. The van der Waals surface area contributed by atoms with Crippen molar-refractivity contribution in [2.24, 2.45) is 0 Å². The van der Waals surface area contributed by atoms with Gasteiger partial charge < -0.3 is 10.6 Å². The molecule has 2 heteroatoms. The van der Waals surface area contributed by atoms with Crippen LogP contribution in [0.4, 0.5) is 11.4 Å². The second-order valence-corrected chi connectivity index (χ2v) is 4.62. The molecule has 0 unspecified atom stereocenters. The number of rotatable bonds is 4. The highest BCUT2D eigenvalue weighted by molar-refractivity contribution is 5.52. The topological polar surface area (TPSA) is 29.3 Å². The molecular weight excluding hydrogens is 220 g/mol. The molecule has 0 radical (unpaired) electrons. The molecule has 0 aromatic heterocycles. The normalized spacial score (nSPS) is 10.3. The Kier molecular flexibility index (Phi) is 3.88. The lowest BCUT2D eigenvalue weighted by atomic mass is 10.1. The molecule has 0 fully saturated rings. The molecule has 0 heterocycles. The Morgan fingerprint density at radius 3 is 2.33 bits per heavy atom. The Bertz CT molecular complexity index is 503. The zero-order chi connectivity index (χ0) is 13.0. The van der Waals surface area contributed by atoms with Gasteiger partial charge in [0, 0.05) is 25.0 Å². The summed E-state index contributed by atoms with van der Waals surface area (Å²) in [5, 5.41) is 0. The zero-order valence-corrected chi connectivity index (χ0v) is 11.1. The van der Waals surface area contributed by atoms with Crippen molar-refractivity contribution in [1.82, 2.24) is 0 Å². The van der Waals surface area contributed by atoms with Crippen LogP contribution in [0.5, 0.6) is 0 Å². The van der Waals surface area contributed by atoms with Crippen LogP contribution in [-0.4, -0.2) is 7.05 Å². The Morgan fingerprint density at radius 1 is 1.00 bits per heavy atom. The Balaban J connectivity index is 2.10. The van der Waals surface area contributed by atoms with E-state index in [1.165, 1.54) is 16.8 Å². The summed E-state index contributed by atoms with van der Waals surface area (Å²) < 4.78 is 0. The predicted octanol–water partition coefficient (Wildman–Crippen LogP) is 3.47. The van der Waals surface area contributed by atoms with E-state index in [2.05, 4.69) is 55.3 Å². The lowest BCUT2D eigenvalue weighted by Crippen LogP contribution is -2.16. The van der Waals surface area contributed by atoms with Gasteiger partial charge in [0.2, 0.25) is 0 Å². The number of nitrogens with zero attached hydrogens (tertiary/aromatic N) is 1. The van der Waals surface area contributed by atoms with Crippen molar-refractivity contribution in [3.05, 3.63) is 59.7 Å².